The van der Waals surface area contributed by atoms with Crippen LogP contribution in [-0.2, 0) is 12.7 Å². The van der Waals surface area contributed by atoms with Gasteiger partial charge in [-0.05, 0) is 29.8 Å². The maximum Gasteiger partial charge on any atom is 0.416 e. The van der Waals surface area contributed by atoms with E-state index in [1.165, 1.54) is 6.07 Å². The summed E-state index contributed by atoms with van der Waals surface area (Å²) >= 11 is 0. The number of hydrogen-bond donors (Lipinski definition) is 0. The van der Waals surface area contributed by atoms with Crippen LogP contribution in [0.2, 0.25) is 0 Å². The first kappa shape index (κ1) is 14.9. The van der Waals surface area contributed by atoms with Gasteiger partial charge in [0, 0.05) is 26.0 Å². The van der Waals surface area contributed by atoms with Gasteiger partial charge < -0.3 is 4.90 Å². The fraction of sp³-hybridized carbons (Fsp3) is 0.200. The quantitative estimate of drug-likeness (QED) is 0.867. The van der Waals surface area contributed by atoms with Crippen LogP contribution in [0.4, 0.5) is 18.9 Å². The van der Waals surface area contributed by atoms with E-state index in [2.05, 4.69) is 4.98 Å². The molecule has 2 aromatic rings. The third kappa shape index (κ3) is 3.51. The normalized spacial score (nSPS) is 11.0. The van der Waals surface area contributed by atoms with Crippen molar-refractivity contribution in [1.29, 1.82) is 5.26 Å². The maximum atomic E-state index is 12.7. The molecule has 0 atom stereocenters. The minimum absolute atomic E-state index is 0.00350. The highest BCUT2D eigenvalue weighted by Crippen LogP contribution is 2.32. The number of benzene rings is 1. The van der Waals surface area contributed by atoms with Crippen LogP contribution >= 0.6 is 0 Å². The molecule has 0 saturated carbocycles. The molecule has 0 N–H and O–H groups in total. The Hall–Kier alpha value is -2.55. The van der Waals surface area contributed by atoms with Gasteiger partial charge in [-0.2, -0.15) is 18.4 Å². The van der Waals surface area contributed by atoms with Gasteiger partial charge in [0.15, 0.2) is 0 Å². The summed E-state index contributed by atoms with van der Waals surface area (Å²) in [4.78, 5) is 5.70. The second-order valence-corrected chi connectivity index (χ2v) is 4.56. The van der Waals surface area contributed by atoms with Gasteiger partial charge in [0.2, 0.25) is 0 Å². The summed E-state index contributed by atoms with van der Waals surface area (Å²) in [5.41, 5.74) is 0.534. The van der Waals surface area contributed by atoms with Gasteiger partial charge in [0.1, 0.15) is 6.07 Å². The Morgan fingerprint density at radius 1 is 1.29 bits per heavy atom. The summed E-state index contributed by atoms with van der Waals surface area (Å²) in [5.74, 6) is 0. The minimum Gasteiger partial charge on any atom is -0.369 e. The largest absolute Gasteiger partial charge is 0.416 e. The summed E-state index contributed by atoms with van der Waals surface area (Å²) in [7, 11) is 1.72. The van der Waals surface area contributed by atoms with Gasteiger partial charge in [-0.15, -0.1) is 0 Å². The van der Waals surface area contributed by atoms with Gasteiger partial charge >= 0.3 is 6.18 Å². The molecule has 1 aromatic heterocycles. The summed E-state index contributed by atoms with van der Waals surface area (Å²) < 4.78 is 38.0. The molecule has 1 aromatic carbocycles. The molecule has 3 nitrogen and oxygen atoms in total. The Morgan fingerprint density at radius 3 is 2.62 bits per heavy atom. The molecule has 6 heteroatoms. The fourth-order valence-electron chi connectivity index (χ4n) is 1.99. The molecular weight excluding hydrogens is 279 g/mol. The predicted octanol–water partition coefficient (Wildman–Crippen LogP) is 3.61. The monoisotopic (exact) mass is 291 g/mol. The highest BCUT2D eigenvalue weighted by Gasteiger charge is 2.31. The number of rotatable bonds is 3. The van der Waals surface area contributed by atoms with Crippen molar-refractivity contribution in [3.63, 3.8) is 0 Å². The summed E-state index contributed by atoms with van der Waals surface area (Å²) in [5, 5.41) is 9.07. The second kappa shape index (κ2) is 5.83. The van der Waals surface area contributed by atoms with Gasteiger partial charge in [0.05, 0.1) is 16.8 Å². The summed E-state index contributed by atoms with van der Waals surface area (Å²) in [6.07, 6.45) is -1.14. The molecule has 2 rings (SSSR count). The fourth-order valence-corrected chi connectivity index (χ4v) is 1.99. The maximum absolute atomic E-state index is 12.7. The Morgan fingerprint density at radius 2 is 2.05 bits per heavy atom. The van der Waals surface area contributed by atoms with E-state index in [9.17, 15) is 13.2 Å². The number of pyridine rings is 1. The molecule has 0 amide bonds. The molecule has 0 aliphatic rings. The number of hydrogen-bond acceptors (Lipinski definition) is 3. The lowest BCUT2D eigenvalue weighted by molar-refractivity contribution is -0.137. The van der Waals surface area contributed by atoms with Crippen molar-refractivity contribution in [2.45, 2.75) is 12.7 Å². The molecule has 0 saturated heterocycles. The van der Waals surface area contributed by atoms with Crippen LogP contribution in [-0.4, -0.2) is 12.0 Å². The Bertz CT molecular complexity index is 660. The summed E-state index contributed by atoms with van der Waals surface area (Å²) in [6.45, 7) is 0.452. The first-order valence-corrected chi connectivity index (χ1v) is 6.13. The second-order valence-electron chi connectivity index (χ2n) is 4.56. The van der Waals surface area contributed by atoms with Gasteiger partial charge in [-0.3, -0.25) is 4.98 Å². The van der Waals surface area contributed by atoms with E-state index in [0.717, 1.165) is 17.7 Å². The zero-order chi connectivity index (χ0) is 15.5. The Balaban J connectivity index is 2.29. The molecule has 0 radical (unpaired) electrons. The molecule has 0 fully saturated rings. The number of alkyl halides is 3. The van der Waals surface area contributed by atoms with E-state index in [0.29, 0.717) is 12.2 Å². The number of nitrogens with zero attached hydrogens (tertiary/aromatic N) is 3. The average molecular weight is 291 g/mol. The highest BCUT2D eigenvalue weighted by molar-refractivity contribution is 5.60. The van der Waals surface area contributed by atoms with E-state index in [-0.39, 0.29) is 5.56 Å². The van der Waals surface area contributed by atoms with Crippen molar-refractivity contribution >= 4 is 5.69 Å². The molecule has 0 spiro atoms. The molecule has 108 valence electrons. The SMILES string of the molecule is CN(Cc1cccnc1)c1ccc(C(F)(F)F)cc1C#N. The van der Waals surface area contributed by atoms with E-state index < -0.39 is 11.7 Å². The molecule has 0 unspecified atom stereocenters. The molecule has 21 heavy (non-hydrogen) atoms. The molecule has 0 aliphatic heterocycles. The van der Waals surface area contributed by atoms with Crippen molar-refractivity contribution in [3.05, 3.63) is 59.4 Å². The zero-order valence-electron chi connectivity index (χ0n) is 11.2. The number of nitriles is 1. The standard InChI is InChI=1S/C15H12F3N3/c1-21(10-11-3-2-6-20-9-11)14-5-4-13(15(16,17)18)7-12(14)8-19/h2-7,9H,10H2,1H3. The number of anilines is 1. The average Bonchev–Trinajstić information content (AvgIpc) is 2.46. The van der Waals surface area contributed by atoms with Crippen LogP contribution in [0.3, 0.4) is 0 Å². The van der Waals surface area contributed by atoms with Crippen molar-refractivity contribution < 1.29 is 13.2 Å². The van der Waals surface area contributed by atoms with Gasteiger partial charge in [-0.1, -0.05) is 6.07 Å². The zero-order valence-corrected chi connectivity index (χ0v) is 11.2. The lowest BCUT2D eigenvalue weighted by Gasteiger charge is -2.21. The van der Waals surface area contributed by atoms with Crippen molar-refractivity contribution in [2.75, 3.05) is 11.9 Å². The Kier molecular flexibility index (Phi) is 4.13. The van der Waals surface area contributed by atoms with E-state index in [1.807, 2.05) is 12.1 Å². The molecule has 1 heterocycles. The van der Waals surface area contributed by atoms with E-state index in [4.69, 9.17) is 5.26 Å². The molecule has 0 aliphatic carbocycles. The van der Waals surface area contributed by atoms with Crippen LogP contribution in [0.25, 0.3) is 0 Å². The smallest absolute Gasteiger partial charge is 0.369 e. The van der Waals surface area contributed by atoms with Crippen LogP contribution < -0.4 is 4.90 Å². The van der Waals surface area contributed by atoms with Crippen LogP contribution in [0, 0.1) is 11.3 Å². The van der Waals surface area contributed by atoms with Crippen LogP contribution in [0.5, 0.6) is 0 Å². The molecule has 0 bridgehead atoms. The first-order valence-electron chi connectivity index (χ1n) is 6.13. The van der Waals surface area contributed by atoms with Crippen molar-refractivity contribution in [3.8, 4) is 6.07 Å². The molecular formula is C15H12F3N3. The van der Waals surface area contributed by atoms with Crippen LogP contribution in [0.1, 0.15) is 16.7 Å². The first-order chi connectivity index (χ1) is 9.91. The van der Waals surface area contributed by atoms with E-state index >= 15 is 0 Å². The van der Waals surface area contributed by atoms with Gasteiger partial charge in [0.25, 0.3) is 0 Å². The van der Waals surface area contributed by atoms with Crippen LogP contribution in [0.15, 0.2) is 42.7 Å². The predicted molar refractivity (Wildman–Crippen MR) is 72.5 cm³/mol. The lowest BCUT2D eigenvalue weighted by Crippen LogP contribution is -2.18. The number of aromatic nitrogens is 1. The van der Waals surface area contributed by atoms with Crippen molar-refractivity contribution in [1.82, 2.24) is 4.98 Å². The van der Waals surface area contributed by atoms with Crippen molar-refractivity contribution in [2.24, 2.45) is 0 Å². The number of halogens is 3. The third-order valence-corrected chi connectivity index (χ3v) is 3.00. The summed E-state index contributed by atoms with van der Waals surface area (Å²) in [6, 6.07) is 8.63. The highest BCUT2D eigenvalue weighted by atomic mass is 19.4. The minimum atomic E-state index is -4.45. The Labute approximate surface area is 120 Å². The topological polar surface area (TPSA) is 39.9 Å². The third-order valence-electron chi connectivity index (χ3n) is 3.00. The lowest BCUT2D eigenvalue weighted by atomic mass is 10.1. The van der Waals surface area contributed by atoms with Gasteiger partial charge in [-0.25, -0.2) is 0 Å². The van der Waals surface area contributed by atoms with E-state index in [1.54, 1.807) is 30.4 Å².